The Labute approximate surface area is 192 Å². The van der Waals surface area contributed by atoms with Gasteiger partial charge in [-0.1, -0.05) is 41.5 Å². The molecule has 1 aliphatic heterocycles. The fraction of sp³-hybridized carbons (Fsp3) is 1.00. The Balaban J connectivity index is 3.82. The van der Waals surface area contributed by atoms with E-state index in [1.807, 2.05) is 0 Å². The van der Waals surface area contributed by atoms with Crippen LogP contribution in [-0.2, 0) is 0 Å². The number of nitrogens with zero attached hydrogens (tertiary/aromatic N) is 4. The van der Waals surface area contributed by atoms with Crippen LogP contribution in [0.5, 0.6) is 0 Å². The summed E-state index contributed by atoms with van der Waals surface area (Å²) in [7, 11) is -4.71. The fourth-order valence-corrected chi connectivity index (χ4v) is 16.5. The zero-order valence-corrected chi connectivity index (χ0v) is 23.8. The molecule has 0 bridgehead atoms. The molecule has 12 heteroatoms. The zero-order chi connectivity index (χ0) is 23.2. The summed E-state index contributed by atoms with van der Waals surface area (Å²) in [6.45, 7) is 18.5. The molecular formula is C19H50N9P3. The largest absolute Gasteiger partial charge is 0.259 e. The normalized spacial score (nSPS) is 19.6. The van der Waals surface area contributed by atoms with E-state index in [1.165, 1.54) is 0 Å². The molecule has 0 spiro atoms. The predicted octanol–water partition coefficient (Wildman–Crippen LogP) is 6.18. The Bertz CT molecular complexity index is 598. The third kappa shape index (κ3) is 8.31. The molecule has 0 aromatic heterocycles. The third-order valence-corrected chi connectivity index (χ3v) is 16.0. The van der Waals surface area contributed by atoms with E-state index in [1.54, 1.807) is 0 Å². The molecule has 0 unspecified atom stereocenters. The molecule has 0 radical (unpaired) electrons. The van der Waals surface area contributed by atoms with Crippen molar-refractivity contribution in [2.45, 2.75) is 80.1 Å². The van der Waals surface area contributed by atoms with Crippen LogP contribution in [0, 0.1) is 0 Å². The highest BCUT2D eigenvalue weighted by Crippen LogP contribution is 2.75. The van der Waals surface area contributed by atoms with Gasteiger partial charge in [0.2, 0.25) is 0 Å². The van der Waals surface area contributed by atoms with E-state index in [2.05, 4.69) is 78.5 Å². The summed E-state index contributed by atoms with van der Waals surface area (Å²) in [5, 5.41) is 19.2. The van der Waals surface area contributed by atoms with E-state index in [4.69, 9.17) is 13.8 Å². The lowest BCUT2D eigenvalue weighted by Gasteiger charge is -2.47. The number of hydrogen-bond acceptors (Lipinski definition) is 6. The van der Waals surface area contributed by atoms with Gasteiger partial charge in [-0.3, -0.25) is 20.3 Å². The zero-order valence-electron chi connectivity index (χ0n) is 21.1. The molecule has 0 atom stereocenters. The van der Waals surface area contributed by atoms with Gasteiger partial charge in [0.1, 0.15) is 0 Å². The summed E-state index contributed by atoms with van der Waals surface area (Å²) in [6, 6.07) is 0. The van der Waals surface area contributed by atoms with Crippen molar-refractivity contribution in [3.8, 4) is 0 Å². The van der Waals surface area contributed by atoms with Gasteiger partial charge in [-0.2, -0.15) is 13.5 Å². The quantitative estimate of drug-likeness (QED) is 0.154. The summed E-state index contributed by atoms with van der Waals surface area (Å²) in [5.74, 6) is 0. The van der Waals surface area contributed by atoms with Crippen molar-refractivity contribution in [2.75, 3.05) is 46.3 Å². The van der Waals surface area contributed by atoms with Crippen molar-refractivity contribution in [1.82, 2.24) is 29.9 Å². The lowest BCUT2D eigenvalue weighted by Crippen LogP contribution is -2.41. The number of nitrogens with one attached hydrogen (secondary N) is 5. The van der Waals surface area contributed by atoms with Gasteiger partial charge >= 0.3 is 0 Å². The van der Waals surface area contributed by atoms with Gasteiger partial charge in [-0.15, -0.1) is 0 Å². The van der Waals surface area contributed by atoms with Crippen molar-refractivity contribution < 1.29 is 0 Å². The van der Waals surface area contributed by atoms with E-state index < -0.39 is 22.5 Å². The highest BCUT2D eigenvalue weighted by molar-refractivity contribution is 7.85. The van der Waals surface area contributed by atoms with Crippen molar-refractivity contribution in [3.05, 3.63) is 0 Å². The molecular weight excluding hydrogens is 447 g/mol. The Morgan fingerprint density at radius 1 is 0.581 bits per heavy atom. The average Bonchev–Trinajstić information content (AvgIpc) is 2.79. The minimum atomic E-state index is -2.43. The lowest BCUT2D eigenvalue weighted by molar-refractivity contribution is 0.688. The SMILES string of the molecule is CCCN=P1(NCCC)N=P(NCCC)(NCCC)N(C)P(NCCC)(NCCC)=N1. The standard InChI is InChI=1S/C19H50N9P3/c1-8-14-20-29(21-15-9-2)26-30(22-16-10-3,23-17-11-4)28(7)31(27-29,24-18-12-5)25-19-13-6/h20,22-25H,8-19H2,1-7H3. The van der Waals surface area contributed by atoms with Crippen LogP contribution >= 0.6 is 22.5 Å². The second-order valence-corrected chi connectivity index (χ2v) is 16.2. The monoisotopic (exact) mass is 497 g/mol. The molecule has 0 fully saturated rings. The maximum absolute atomic E-state index is 5.52. The Kier molecular flexibility index (Phi) is 14.6. The first kappa shape index (κ1) is 29.5. The summed E-state index contributed by atoms with van der Waals surface area (Å²) < 4.78 is 18.6. The average molecular weight is 498 g/mol. The molecule has 9 nitrogen and oxygen atoms in total. The smallest absolute Gasteiger partial charge is 0.257 e. The minimum Gasteiger partial charge on any atom is -0.259 e. The topological polar surface area (TPSA) is 100 Å². The minimum absolute atomic E-state index is 0.782. The highest BCUT2D eigenvalue weighted by atomic mass is 31.3. The summed E-state index contributed by atoms with van der Waals surface area (Å²) in [5.41, 5.74) is 0. The maximum atomic E-state index is 5.52. The first-order chi connectivity index (χ1) is 14.9. The molecule has 1 aliphatic rings. The van der Waals surface area contributed by atoms with Crippen LogP contribution in [0.15, 0.2) is 13.8 Å². The van der Waals surface area contributed by atoms with Gasteiger partial charge in [-0.25, -0.2) is 9.83 Å². The van der Waals surface area contributed by atoms with Crippen LogP contribution in [0.3, 0.4) is 0 Å². The molecule has 186 valence electrons. The second-order valence-electron chi connectivity index (χ2n) is 7.84. The van der Waals surface area contributed by atoms with Gasteiger partial charge in [-0.05, 0) is 38.5 Å². The third-order valence-electron chi connectivity index (χ3n) is 4.77. The predicted molar refractivity (Wildman–Crippen MR) is 142 cm³/mol. The van der Waals surface area contributed by atoms with E-state index in [0.29, 0.717) is 0 Å². The molecule has 0 saturated heterocycles. The van der Waals surface area contributed by atoms with Crippen LogP contribution in [0.4, 0.5) is 0 Å². The van der Waals surface area contributed by atoms with E-state index in [-0.39, 0.29) is 0 Å². The Hall–Kier alpha value is 0.450. The van der Waals surface area contributed by atoms with Gasteiger partial charge in [0.05, 0.1) is 0 Å². The summed E-state index contributed by atoms with van der Waals surface area (Å²) >= 11 is 0. The van der Waals surface area contributed by atoms with Gasteiger partial charge in [0.25, 0.3) is 7.51 Å². The van der Waals surface area contributed by atoms with Crippen molar-refractivity contribution in [3.63, 3.8) is 0 Å². The highest BCUT2D eigenvalue weighted by Gasteiger charge is 2.43. The maximum Gasteiger partial charge on any atom is 0.257 e. The molecule has 0 saturated carbocycles. The number of rotatable bonds is 17. The summed E-state index contributed by atoms with van der Waals surface area (Å²) in [6.07, 6.45) is 6.29. The van der Waals surface area contributed by atoms with Crippen LogP contribution in [-0.4, -0.2) is 50.8 Å². The van der Waals surface area contributed by atoms with Crippen LogP contribution < -0.4 is 25.4 Å². The van der Waals surface area contributed by atoms with Crippen LogP contribution in [0.1, 0.15) is 80.1 Å². The summed E-state index contributed by atoms with van der Waals surface area (Å²) in [4.78, 5) is 0. The van der Waals surface area contributed by atoms with Crippen molar-refractivity contribution in [2.24, 2.45) is 13.8 Å². The first-order valence-electron chi connectivity index (χ1n) is 12.3. The molecule has 1 rings (SSSR count). The fourth-order valence-electron chi connectivity index (χ4n) is 3.07. The number of hydrogen-bond donors (Lipinski definition) is 5. The van der Waals surface area contributed by atoms with Crippen LogP contribution in [0.25, 0.3) is 0 Å². The Morgan fingerprint density at radius 3 is 1.26 bits per heavy atom. The first-order valence-corrected chi connectivity index (χ1v) is 17.3. The Morgan fingerprint density at radius 2 is 0.935 bits per heavy atom. The van der Waals surface area contributed by atoms with Gasteiger partial charge in [0.15, 0.2) is 15.0 Å². The van der Waals surface area contributed by atoms with Crippen molar-refractivity contribution >= 4 is 22.5 Å². The molecule has 0 amide bonds. The van der Waals surface area contributed by atoms with Crippen LogP contribution in [0.2, 0.25) is 0 Å². The molecule has 1 heterocycles. The van der Waals surface area contributed by atoms with Gasteiger partial charge < -0.3 is 0 Å². The molecule has 5 N–H and O–H groups in total. The van der Waals surface area contributed by atoms with E-state index in [9.17, 15) is 0 Å². The second kappa shape index (κ2) is 15.4. The molecule has 0 aromatic rings. The van der Waals surface area contributed by atoms with Gasteiger partial charge in [0, 0.05) is 46.3 Å². The lowest BCUT2D eigenvalue weighted by atomic mass is 10.5. The molecule has 0 aliphatic carbocycles. The van der Waals surface area contributed by atoms with Crippen molar-refractivity contribution in [1.29, 1.82) is 0 Å². The van der Waals surface area contributed by atoms with E-state index in [0.717, 1.165) is 77.8 Å². The molecule has 31 heavy (non-hydrogen) atoms. The van der Waals surface area contributed by atoms with E-state index >= 15 is 0 Å². The molecule has 0 aromatic carbocycles.